The van der Waals surface area contributed by atoms with E-state index >= 15 is 0 Å². The lowest BCUT2D eigenvalue weighted by Gasteiger charge is -2.06. The number of halogens is 1. The van der Waals surface area contributed by atoms with Gasteiger partial charge in [0, 0.05) is 5.56 Å². The highest BCUT2D eigenvalue weighted by molar-refractivity contribution is 7.80. The number of hydrogen-bond donors (Lipinski definition) is 2. The maximum absolute atomic E-state index is 12.8. The van der Waals surface area contributed by atoms with Gasteiger partial charge in [0.05, 0.1) is 6.54 Å². The maximum Gasteiger partial charge on any atom is 0.269 e. The number of nitrogens with one attached hydrogen (secondary N) is 2. The van der Waals surface area contributed by atoms with Crippen molar-refractivity contribution in [2.45, 2.75) is 26.3 Å². The van der Waals surface area contributed by atoms with Crippen LogP contribution in [-0.2, 0) is 6.54 Å². The first kappa shape index (κ1) is 16.0. The zero-order chi connectivity index (χ0) is 15.9. The first-order valence-electron chi connectivity index (χ1n) is 6.74. The van der Waals surface area contributed by atoms with Crippen molar-refractivity contribution in [2.75, 3.05) is 5.32 Å². The average Bonchev–Trinajstić information content (AvgIpc) is 2.93. The van der Waals surface area contributed by atoms with E-state index in [4.69, 9.17) is 12.2 Å². The maximum atomic E-state index is 12.8. The van der Waals surface area contributed by atoms with Crippen LogP contribution in [0.5, 0.6) is 0 Å². The van der Waals surface area contributed by atoms with Crippen molar-refractivity contribution in [3.63, 3.8) is 0 Å². The fourth-order valence-electron chi connectivity index (χ4n) is 1.60. The second-order valence-electron chi connectivity index (χ2n) is 4.48. The van der Waals surface area contributed by atoms with Crippen molar-refractivity contribution in [1.82, 2.24) is 25.5 Å². The quantitative estimate of drug-likeness (QED) is 0.816. The molecular formula is C13H15FN6OS. The molecule has 0 aliphatic carbocycles. The molecule has 0 saturated carbocycles. The molecule has 1 aromatic heterocycles. The van der Waals surface area contributed by atoms with Gasteiger partial charge in [-0.05, 0) is 48.1 Å². The molecule has 2 aromatic rings. The third kappa shape index (κ3) is 4.55. The fourth-order valence-corrected chi connectivity index (χ4v) is 1.78. The van der Waals surface area contributed by atoms with Crippen LogP contribution in [-0.4, -0.2) is 31.2 Å². The molecule has 1 aromatic carbocycles. The van der Waals surface area contributed by atoms with E-state index in [1.807, 2.05) is 0 Å². The standard InChI is InChI=1S/C13H15FN6OS/c1-2-3-8-20-18-12(17-19-20)16-13(22)15-11(21)9-4-6-10(14)7-5-9/h4-7H,2-3,8H2,1H3,(H2,15,16,18,21,22). The number of rotatable bonds is 5. The monoisotopic (exact) mass is 322 g/mol. The van der Waals surface area contributed by atoms with Crippen LogP contribution in [0.2, 0.25) is 0 Å². The van der Waals surface area contributed by atoms with Crippen molar-refractivity contribution in [2.24, 2.45) is 0 Å². The number of amides is 1. The zero-order valence-corrected chi connectivity index (χ0v) is 12.7. The van der Waals surface area contributed by atoms with E-state index in [0.29, 0.717) is 12.1 Å². The molecule has 9 heteroatoms. The molecule has 2 N–H and O–H groups in total. The smallest absolute Gasteiger partial charge is 0.269 e. The van der Waals surface area contributed by atoms with E-state index in [2.05, 4.69) is 33.0 Å². The number of carbonyl (C=O) groups is 1. The SMILES string of the molecule is CCCCn1nnc(NC(=S)NC(=O)c2ccc(F)cc2)n1. The van der Waals surface area contributed by atoms with Gasteiger partial charge in [0.2, 0.25) is 0 Å². The molecule has 0 saturated heterocycles. The van der Waals surface area contributed by atoms with Crippen molar-refractivity contribution < 1.29 is 9.18 Å². The minimum absolute atomic E-state index is 0.0457. The molecule has 0 radical (unpaired) electrons. The molecule has 0 spiro atoms. The zero-order valence-electron chi connectivity index (χ0n) is 11.9. The highest BCUT2D eigenvalue weighted by atomic mass is 32.1. The van der Waals surface area contributed by atoms with Crippen LogP contribution in [0.1, 0.15) is 30.1 Å². The number of anilines is 1. The van der Waals surface area contributed by atoms with Crippen LogP contribution in [0.25, 0.3) is 0 Å². The van der Waals surface area contributed by atoms with Crippen molar-refractivity contribution in [3.05, 3.63) is 35.6 Å². The van der Waals surface area contributed by atoms with Crippen LogP contribution in [0, 0.1) is 5.82 Å². The predicted molar refractivity (Wildman–Crippen MR) is 82.8 cm³/mol. The Morgan fingerprint density at radius 3 is 2.77 bits per heavy atom. The van der Waals surface area contributed by atoms with Gasteiger partial charge in [-0.25, -0.2) is 4.39 Å². The van der Waals surface area contributed by atoms with Gasteiger partial charge < -0.3 is 0 Å². The molecule has 7 nitrogen and oxygen atoms in total. The molecule has 1 heterocycles. The Morgan fingerprint density at radius 2 is 2.09 bits per heavy atom. The summed E-state index contributed by atoms with van der Waals surface area (Å²) in [6, 6.07) is 5.14. The van der Waals surface area contributed by atoms with Crippen LogP contribution in [0.4, 0.5) is 10.3 Å². The lowest BCUT2D eigenvalue weighted by Crippen LogP contribution is -2.34. The molecule has 2 rings (SSSR count). The van der Waals surface area contributed by atoms with E-state index in [0.717, 1.165) is 12.8 Å². The summed E-state index contributed by atoms with van der Waals surface area (Å²) in [4.78, 5) is 13.3. The first-order chi connectivity index (χ1) is 10.6. The van der Waals surface area contributed by atoms with Crippen LogP contribution in [0.15, 0.2) is 24.3 Å². The number of benzene rings is 1. The second kappa shape index (κ2) is 7.55. The minimum Gasteiger partial charge on any atom is -0.299 e. The fraction of sp³-hybridized carbons (Fsp3) is 0.308. The van der Waals surface area contributed by atoms with Gasteiger partial charge in [-0.15, -0.1) is 5.10 Å². The summed E-state index contributed by atoms with van der Waals surface area (Å²) in [6.45, 7) is 2.73. The van der Waals surface area contributed by atoms with E-state index in [1.54, 1.807) is 0 Å². The van der Waals surface area contributed by atoms with E-state index in [1.165, 1.54) is 29.1 Å². The molecule has 0 aliphatic heterocycles. The third-order valence-corrected chi connectivity index (χ3v) is 2.93. The lowest BCUT2D eigenvalue weighted by atomic mass is 10.2. The molecular weight excluding hydrogens is 307 g/mol. The number of tetrazole rings is 1. The van der Waals surface area contributed by atoms with Gasteiger partial charge >= 0.3 is 0 Å². The average molecular weight is 322 g/mol. The number of aromatic nitrogens is 4. The molecule has 0 atom stereocenters. The van der Waals surface area contributed by atoms with Crippen LogP contribution in [0.3, 0.4) is 0 Å². The Hall–Kier alpha value is -2.42. The van der Waals surface area contributed by atoms with E-state index in [9.17, 15) is 9.18 Å². The summed E-state index contributed by atoms with van der Waals surface area (Å²) in [5.74, 6) is -0.651. The topological polar surface area (TPSA) is 84.7 Å². The molecule has 1 amide bonds. The van der Waals surface area contributed by atoms with Crippen molar-refractivity contribution in [1.29, 1.82) is 0 Å². The second-order valence-corrected chi connectivity index (χ2v) is 4.89. The summed E-state index contributed by atoms with van der Waals surface area (Å²) in [5, 5.41) is 16.9. The molecule has 0 fully saturated rings. The van der Waals surface area contributed by atoms with Gasteiger partial charge in [0.25, 0.3) is 11.9 Å². The third-order valence-electron chi connectivity index (χ3n) is 2.72. The Kier molecular flexibility index (Phi) is 5.48. The summed E-state index contributed by atoms with van der Waals surface area (Å²) in [7, 11) is 0. The Bertz CT molecular complexity index is 657. The largest absolute Gasteiger partial charge is 0.299 e. The lowest BCUT2D eigenvalue weighted by molar-refractivity contribution is 0.0977. The van der Waals surface area contributed by atoms with Crippen molar-refractivity contribution in [3.8, 4) is 0 Å². The van der Waals surface area contributed by atoms with Crippen LogP contribution < -0.4 is 10.6 Å². The van der Waals surface area contributed by atoms with E-state index < -0.39 is 11.7 Å². The van der Waals surface area contributed by atoms with Crippen LogP contribution >= 0.6 is 12.2 Å². The number of thiocarbonyl (C=S) groups is 1. The number of hydrogen-bond acceptors (Lipinski definition) is 5. The minimum atomic E-state index is -0.448. The number of aryl methyl sites for hydroxylation is 1. The van der Waals surface area contributed by atoms with E-state index in [-0.39, 0.29) is 11.1 Å². The molecule has 0 aliphatic rings. The Labute approximate surface area is 131 Å². The highest BCUT2D eigenvalue weighted by Gasteiger charge is 2.10. The van der Waals surface area contributed by atoms with Gasteiger partial charge in [-0.1, -0.05) is 18.4 Å². The van der Waals surface area contributed by atoms with Gasteiger partial charge in [0.1, 0.15) is 5.82 Å². The molecule has 116 valence electrons. The highest BCUT2D eigenvalue weighted by Crippen LogP contribution is 2.03. The Morgan fingerprint density at radius 1 is 1.36 bits per heavy atom. The molecule has 22 heavy (non-hydrogen) atoms. The molecule has 0 unspecified atom stereocenters. The van der Waals surface area contributed by atoms with Gasteiger partial charge in [-0.2, -0.15) is 4.80 Å². The van der Waals surface area contributed by atoms with Gasteiger partial charge in [0.15, 0.2) is 5.11 Å². The summed E-state index contributed by atoms with van der Waals surface area (Å²) < 4.78 is 12.8. The summed E-state index contributed by atoms with van der Waals surface area (Å²) in [5.41, 5.74) is 0.296. The first-order valence-corrected chi connectivity index (χ1v) is 7.15. The number of unbranched alkanes of at least 4 members (excludes halogenated alkanes) is 1. The Balaban J connectivity index is 1.88. The molecule has 0 bridgehead atoms. The van der Waals surface area contributed by atoms with Crippen molar-refractivity contribution >= 4 is 29.2 Å². The number of nitrogens with zero attached hydrogens (tertiary/aromatic N) is 4. The normalized spacial score (nSPS) is 10.3. The predicted octanol–water partition coefficient (Wildman–Crippen LogP) is 1.74. The summed E-state index contributed by atoms with van der Waals surface area (Å²) >= 11 is 5.00. The van der Waals surface area contributed by atoms with Gasteiger partial charge in [-0.3, -0.25) is 15.4 Å². The number of carbonyl (C=O) groups excluding carboxylic acids is 1. The summed E-state index contributed by atoms with van der Waals surface area (Å²) in [6.07, 6.45) is 1.97.